The number of pyridine rings is 2. The molecule has 0 aliphatic carbocycles. The third-order valence-electron chi connectivity index (χ3n) is 5.02. The largest absolute Gasteiger partial charge is 1.00 e. The van der Waals surface area contributed by atoms with Crippen LogP contribution < -0.4 is 34.9 Å². The van der Waals surface area contributed by atoms with Crippen LogP contribution in [0.5, 0.6) is 0 Å². The van der Waals surface area contributed by atoms with Gasteiger partial charge in [0, 0.05) is 34.7 Å². The molecule has 0 aliphatic rings. The number of anilines is 1. The first kappa shape index (κ1) is 22.3. The smallest absolute Gasteiger partial charge is 1.00 e. The molecule has 3 heterocycles. The van der Waals surface area contributed by atoms with E-state index in [1.54, 1.807) is 4.68 Å². The van der Waals surface area contributed by atoms with Crippen LogP contribution in [0.25, 0.3) is 33.4 Å². The number of nitrogens with zero attached hydrogens (tertiary/aromatic N) is 4. The minimum absolute atomic E-state index is 0. The average Bonchev–Trinajstić information content (AvgIpc) is 3.25. The molecule has 5 nitrogen and oxygen atoms in total. The van der Waals surface area contributed by atoms with E-state index in [0.29, 0.717) is 5.11 Å². The van der Waals surface area contributed by atoms with Crippen LogP contribution in [0.2, 0.25) is 0 Å². The van der Waals surface area contributed by atoms with E-state index in [-0.39, 0.29) is 31.0 Å². The number of aryl methyl sites for hydroxylation is 1. The Balaban J connectivity index is 0.00000153. The van der Waals surface area contributed by atoms with Gasteiger partial charge in [0.25, 0.3) is 0 Å². The van der Waals surface area contributed by atoms with E-state index >= 15 is 0 Å². The van der Waals surface area contributed by atoms with Crippen LogP contribution in [0.3, 0.4) is 0 Å². The Labute approximate surface area is 215 Å². The maximum absolute atomic E-state index is 5.65. The van der Waals surface area contributed by atoms with Crippen molar-refractivity contribution in [3.63, 3.8) is 0 Å². The number of para-hydroxylation sites is 2. The van der Waals surface area contributed by atoms with E-state index in [1.807, 2.05) is 92.1 Å². The zero-order valence-corrected chi connectivity index (χ0v) is 20.7. The predicted octanol–water partition coefficient (Wildman–Crippen LogP) is 2.83. The van der Waals surface area contributed by atoms with E-state index in [0.717, 1.165) is 44.8 Å². The Bertz CT molecular complexity index is 1400. The minimum Gasteiger partial charge on any atom is -1.00 e. The molecule has 0 bridgehead atoms. The molecule has 7 heteroatoms. The molecular weight excluding hydrogens is 425 g/mol. The summed E-state index contributed by atoms with van der Waals surface area (Å²) in [5.41, 5.74) is 6.35. The van der Waals surface area contributed by atoms with Crippen molar-refractivity contribution in [2.75, 3.05) is 5.32 Å². The van der Waals surface area contributed by atoms with Crippen LogP contribution in [0.15, 0.2) is 91.3 Å². The summed E-state index contributed by atoms with van der Waals surface area (Å²) in [7, 11) is 0. The third kappa shape index (κ3) is 4.49. The molecule has 1 N–H and O–H groups in total. The number of benzene rings is 2. The van der Waals surface area contributed by atoms with Crippen LogP contribution in [0.4, 0.5) is 5.69 Å². The van der Waals surface area contributed by atoms with Gasteiger partial charge in [-0.2, -0.15) is 5.10 Å². The molecule has 32 heavy (non-hydrogen) atoms. The molecule has 2 aromatic carbocycles. The Morgan fingerprint density at radius 2 is 1.69 bits per heavy atom. The van der Waals surface area contributed by atoms with Gasteiger partial charge in [0.05, 0.1) is 11.2 Å². The van der Waals surface area contributed by atoms with Gasteiger partial charge in [0.1, 0.15) is 5.69 Å². The van der Waals surface area contributed by atoms with Crippen LogP contribution in [-0.4, -0.2) is 24.9 Å². The Hall–Kier alpha value is -2.90. The van der Waals surface area contributed by atoms with Gasteiger partial charge < -0.3 is 6.74 Å². The number of fused-ring (bicyclic) bond motifs is 1. The summed E-state index contributed by atoms with van der Waals surface area (Å²) in [6, 6.07) is 25.9. The van der Waals surface area contributed by atoms with Gasteiger partial charge in [-0.05, 0) is 61.1 Å². The van der Waals surface area contributed by atoms with Gasteiger partial charge in [-0.15, -0.1) is 0 Å². The van der Waals surface area contributed by atoms with Crippen molar-refractivity contribution in [2.24, 2.45) is 0 Å². The number of aromatic nitrogens is 4. The fourth-order valence-electron chi connectivity index (χ4n) is 3.57. The molecule has 3 aromatic heterocycles. The van der Waals surface area contributed by atoms with Crippen LogP contribution in [0.1, 0.15) is 7.12 Å². The second-order valence-electron chi connectivity index (χ2n) is 7.17. The fourth-order valence-corrected chi connectivity index (χ4v) is 3.78. The molecule has 0 saturated carbocycles. The number of thiocarbonyl (C=S) groups is 1. The number of hydrogen-bond donors (Lipinski definition) is 1. The van der Waals surface area contributed by atoms with Gasteiger partial charge in [0.2, 0.25) is 0 Å². The second kappa shape index (κ2) is 9.71. The molecule has 0 radical (unpaired) electrons. The quantitative estimate of drug-likeness (QED) is 0.342. The van der Waals surface area contributed by atoms with Gasteiger partial charge >= 0.3 is 29.6 Å². The SMILES string of the molecule is Cc1cccc(-c2nn(C(=S)Nc3ccccc3)cc2-c2ccnc3ccccc23)n1.[H-].[Na+]. The first-order valence-corrected chi connectivity index (χ1v) is 10.3. The summed E-state index contributed by atoms with van der Waals surface area (Å²) in [5, 5.41) is 9.63. The maximum atomic E-state index is 5.65. The minimum atomic E-state index is 0. The average molecular weight is 446 g/mol. The van der Waals surface area contributed by atoms with Gasteiger partial charge in [-0.3, -0.25) is 9.97 Å². The van der Waals surface area contributed by atoms with Crippen molar-refractivity contribution >= 4 is 33.9 Å². The molecule has 0 aliphatic heterocycles. The summed E-state index contributed by atoms with van der Waals surface area (Å²) in [6.45, 7) is 1.98. The van der Waals surface area contributed by atoms with Crippen LogP contribution >= 0.6 is 12.2 Å². The Kier molecular flexibility index (Phi) is 6.77. The maximum Gasteiger partial charge on any atom is 1.00 e. The van der Waals surface area contributed by atoms with E-state index in [2.05, 4.69) is 16.4 Å². The number of nitrogens with one attached hydrogen (secondary N) is 1. The second-order valence-corrected chi connectivity index (χ2v) is 7.56. The first-order chi connectivity index (χ1) is 15.2. The van der Waals surface area contributed by atoms with Gasteiger partial charge in [0.15, 0.2) is 5.11 Å². The molecule has 0 atom stereocenters. The molecule has 0 unspecified atom stereocenters. The molecule has 0 fully saturated rings. The number of hydrogen-bond acceptors (Lipinski definition) is 4. The number of rotatable bonds is 3. The molecule has 0 amide bonds. The van der Waals surface area contributed by atoms with Gasteiger partial charge in [-0.25, -0.2) is 4.68 Å². The Morgan fingerprint density at radius 3 is 2.50 bits per heavy atom. The van der Waals surface area contributed by atoms with Crippen LogP contribution in [0, 0.1) is 6.92 Å². The predicted molar refractivity (Wildman–Crippen MR) is 130 cm³/mol. The molecule has 0 spiro atoms. The van der Waals surface area contributed by atoms with Crippen molar-refractivity contribution in [3.05, 3.63) is 97.0 Å². The van der Waals surface area contributed by atoms with E-state index in [4.69, 9.17) is 22.3 Å². The molecule has 0 saturated heterocycles. The zero-order chi connectivity index (χ0) is 21.2. The summed E-state index contributed by atoms with van der Waals surface area (Å²) < 4.78 is 1.70. The molecule has 5 aromatic rings. The first-order valence-electron chi connectivity index (χ1n) is 9.93. The van der Waals surface area contributed by atoms with Gasteiger partial charge in [-0.1, -0.05) is 42.5 Å². The van der Waals surface area contributed by atoms with Crippen molar-refractivity contribution in [1.29, 1.82) is 0 Å². The van der Waals surface area contributed by atoms with E-state index in [9.17, 15) is 0 Å². The summed E-state index contributed by atoms with van der Waals surface area (Å²) in [5.74, 6) is 0. The standard InChI is InChI=1S/C25H19N5S.Na.H/c1-17-8-7-13-23(27-17)24-21(19-14-15-26-22-12-6-5-11-20(19)22)16-30(29-24)25(31)28-18-9-3-2-4-10-18;;/h2-16H,1H3,(H,28,31);;/q;+1;-1. The van der Waals surface area contributed by atoms with Crippen molar-refractivity contribution in [2.45, 2.75) is 6.92 Å². The van der Waals surface area contributed by atoms with E-state index in [1.165, 1.54) is 0 Å². The van der Waals surface area contributed by atoms with Crippen molar-refractivity contribution in [1.82, 2.24) is 19.7 Å². The van der Waals surface area contributed by atoms with Crippen molar-refractivity contribution in [3.8, 4) is 22.5 Å². The van der Waals surface area contributed by atoms with Crippen molar-refractivity contribution < 1.29 is 31.0 Å². The third-order valence-corrected chi connectivity index (χ3v) is 5.31. The summed E-state index contributed by atoms with van der Waals surface area (Å²) in [6.07, 6.45) is 3.78. The summed E-state index contributed by atoms with van der Waals surface area (Å²) >= 11 is 5.65. The van der Waals surface area contributed by atoms with E-state index < -0.39 is 0 Å². The topological polar surface area (TPSA) is 55.6 Å². The van der Waals surface area contributed by atoms with Crippen LogP contribution in [-0.2, 0) is 0 Å². The zero-order valence-electron chi connectivity index (χ0n) is 18.9. The monoisotopic (exact) mass is 445 g/mol. The fraction of sp³-hybridized carbons (Fsp3) is 0.0400. The summed E-state index contributed by atoms with van der Waals surface area (Å²) in [4.78, 5) is 9.21. The molecular formula is C25H20N5NaS. The molecule has 152 valence electrons. The Morgan fingerprint density at radius 1 is 0.906 bits per heavy atom. The normalized spacial score (nSPS) is 10.5. The molecule has 5 rings (SSSR count).